The second-order valence-electron chi connectivity index (χ2n) is 7.69. The lowest BCUT2D eigenvalue weighted by Crippen LogP contribution is -2.38. The highest BCUT2D eigenvalue weighted by molar-refractivity contribution is 6.30. The molecule has 1 N–H and O–H groups in total. The number of hydrogen-bond acceptors (Lipinski definition) is 3. The van der Waals surface area contributed by atoms with Gasteiger partial charge < -0.3 is 15.1 Å². The Labute approximate surface area is 170 Å². The normalized spacial score (nSPS) is 19.4. The first-order valence-corrected chi connectivity index (χ1v) is 10.0. The zero-order valence-electron chi connectivity index (χ0n) is 16.0. The Balaban J connectivity index is 1.38. The summed E-state index contributed by atoms with van der Waals surface area (Å²) in [6.07, 6.45) is 1.74. The second-order valence-corrected chi connectivity index (χ2v) is 8.12. The smallest absolute Gasteiger partial charge is 0.253 e. The minimum absolute atomic E-state index is 0.0293. The molecule has 0 saturated carbocycles. The maximum absolute atomic E-state index is 12.9. The first kappa shape index (κ1) is 19.0. The number of benzene rings is 2. The summed E-state index contributed by atoms with van der Waals surface area (Å²) in [5.41, 5.74) is 3.90. The molecule has 5 nitrogen and oxygen atoms in total. The molecule has 0 aromatic heterocycles. The number of nitrogens with zero attached hydrogens (tertiary/aromatic N) is 2. The highest BCUT2D eigenvalue weighted by atomic mass is 35.5. The van der Waals surface area contributed by atoms with E-state index in [-0.39, 0.29) is 17.9 Å². The Hall–Kier alpha value is -2.37. The van der Waals surface area contributed by atoms with Crippen LogP contribution >= 0.6 is 11.6 Å². The lowest BCUT2D eigenvalue weighted by molar-refractivity contribution is 0.0783. The maximum Gasteiger partial charge on any atom is 0.253 e. The quantitative estimate of drug-likeness (QED) is 0.866. The van der Waals surface area contributed by atoms with Gasteiger partial charge in [-0.1, -0.05) is 17.7 Å². The molecule has 0 radical (unpaired) electrons. The zero-order valence-corrected chi connectivity index (χ0v) is 16.7. The molecule has 2 aliphatic rings. The van der Waals surface area contributed by atoms with Crippen LogP contribution in [0.15, 0.2) is 42.5 Å². The fourth-order valence-electron chi connectivity index (χ4n) is 3.94. The highest BCUT2D eigenvalue weighted by Crippen LogP contribution is 2.22. The van der Waals surface area contributed by atoms with Crippen LogP contribution in [-0.2, 0) is 13.0 Å². The van der Waals surface area contributed by atoms with Crippen LogP contribution in [0.3, 0.4) is 0 Å². The van der Waals surface area contributed by atoms with Gasteiger partial charge in [-0.3, -0.25) is 9.59 Å². The third-order valence-electron chi connectivity index (χ3n) is 5.57. The van der Waals surface area contributed by atoms with Gasteiger partial charge in [-0.05, 0) is 67.4 Å². The number of fused-ring (bicyclic) bond motifs is 1. The average molecular weight is 398 g/mol. The van der Waals surface area contributed by atoms with E-state index in [1.165, 1.54) is 11.1 Å². The van der Waals surface area contributed by atoms with Gasteiger partial charge in [0.2, 0.25) is 0 Å². The molecule has 4 rings (SSSR count). The number of nitrogens with one attached hydrogen (secondary N) is 1. The lowest BCUT2D eigenvalue weighted by Gasteiger charge is -2.25. The molecule has 2 heterocycles. The fourth-order valence-corrected chi connectivity index (χ4v) is 4.07. The zero-order chi connectivity index (χ0) is 19.7. The topological polar surface area (TPSA) is 52.7 Å². The van der Waals surface area contributed by atoms with Crippen LogP contribution in [0.25, 0.3) is 0 Å². The molecule has 0 spiro atoms. The molecule has 1 saturated heterocycles. The molecule has 28 heavy (non-hydrogen) atoms. The Bertz CT molecular complexity index is 897. The summed E-state index contributed by atoms with van der Waals surface area (Å²) >= 11 is 5.87. The van der Waals surface area contributed by atoms with Crippen molar-refractivity contribution in [3.63, 3.8) is 0 Å². The fraction of sp³-hybridized carbons (Fsp3) is 0.364. The number of rotatable bonds is 3. The van der Waals surface area contributed by atoms with Crippen molar-refractivity contribution < 1.29 is 9.59 Å². The number of likely N-dealkylation sites (N-methyl/N-ethyl adjacent to an activating group) is 1. The molecule has 6 heteroatoms. The van der Waals surface area contributed by atoms with E-state index < -0.39 is 0 Å². The number of likely N-dealkylation sites (tertiary alicyclic amines) is 1. The van der Waals surface area contributed by atoms with Crippen LogP contribution in [0.4, 0.5) is 0 Å². The van der Waals surface area contributed by atoms with E-state index in [1.807, 2.05) is 17.0 Å². The summed E-state index contributed by atoms with van der Waals surface area (Å²) in [6, 6.07) is 12.8. The van der Waals surface area contributed by atoms with Gasteiger partial charge in [-0.15, -0.1) is 0 Å². The average Bonchev–Trinajstić information content (AvgIpc) is 3.16. The number of amides is 2. The van der Waals surface area contributed by atoms with Crippen LogP contribution in [0.1, 0.15) is 38.3 Å². The van der Waals surface area contributed by atoms with Gasteiger partial charge in [-0.25, -0.2) is 0 Å². The van der Waals surface area contributed by atoms with E-state index in [2.05, 4.69) is 23.3 Å². The standard InChI is InChI=1S/C22H24ClN3O2/c1-25-10-8-16-12-17(2-3-18(16)13-25)22(28)26-11-9-20(14-26)24-21(27)15-4-6-19(23)7-5-15/h2-7,12,20H,8-11,13-14H2,1H3,(H,24,27)/t20-/m1/s1. The first-order valence-electron chi connectivity index (χ1n) is 9.65. The summed E-state index contributed by atoms with van der Waals surface area (Å²) in [5, 5.41) is 3.63. The molecule has 2 aliphatic heterocycles. The molecule has 1 atom stereocenters. The van der Waals surface area contributed by atoms with E-state index in [9.17, 15) is 9.59 Å². The predicted octanol–water partition coefficient (Wildman–Crippen LogP) is 2.97. The van der Waals surface area contributed by atoms with Crippen molar-refractivity contribution in [1.82, 2.24) is 15.1 Å². The van der Waals surface area contributed by atoms with Crippen LogP contribution in [0.2, 0.25) is 5.02 Å². The molecular formula is C22H24ClN3O2. The molecule has 2 amide bonds. The Morgan fingerprint density at radius 1 is 1.04 bits per heavy atom. The van der Waals surface area contributed by atoms with Crippen molar-refractivity contribution >= 4 is 23.4 Å². The molecule has 0 bridgehead atoms. The van der Waals surface area contributed by atoms with E-state index in [0.717, 1.165) is 31.5 Å². The van der Waals surface area contributed by atoms with Crippen molar-refractivity contribution in [3.8, 4) is 0 Å². The van der Waals surface area contributed by atoms with E-state index in [0.29, 0.717) is 23.7 Å². The molecular weight excluding hydrogens is 374 g/mol. The van der Waals surface area contributed by atoms with Crippen LogP contribution in [-0.4, -0.2) is 54.3 Å². The SMILES string of the molecule is CN1CCc2cc(C(=O)N3CC[C@@H](NC(=O)c4ccc(Cl)cc4)C3)ccc2C1. The van der Waals surface area contributed by atoms with Crippen LogP contribution < -0.4 is 5.32 Å². The van der Waals surface area contributed by atoms with Gasteiger partial charge in [-0.2, -0.15) is 0 Å². The summed E-state index contributed by atoms with van der Waals surface area (Å²) in [4.78, 5) is 29.4. The lowest BCUT2D eigenvalue weighted by atomic mass is 9.97. The van der Waals surface area contributed by atoms with Crippen molar-refractivity contribution in [3.05, 3.63) is 69.7 Å². The Kier molecular flexibility index (Phi) is 5.38. The first-order chi connectivity index (χ1) is 13.5. The van der Waals surface area contributed by atoms with Crippen molar-refractivity contribution in [2.45, 2.75) is 25.4 Å². The molecule has 0 aliphatic carbocycles. The van der Waals surface area contributed by atoms with Crippen LogP contribution in [0, 0.1) is 0 Å². The van der Waals surface area contributed by atoms with Crippen molar-refractivity contribution in [1.29, 1.82) is 0 Å². The van der Waals surface area contributed by atoms with Gasteiger partial charge in [0.1, 0.15) is 0 Å². The minimum Gasteiger partial charge on any atom is -0.347 e. The number of hydrogen-bond donors (Lipinski definition) is 1. The van der Waals surface area contributed by atoms with Crippen LogP contribution in [0.5, 0.6) is 0 Å². The molecule has 2 aromatic carbocycles. The molecule has 146 valence electrons. The predicted molar refractivity (Wildman–Crippen MR) is 110 cm³/mol. The van der Waals surface area contributed by atoms with E-state index in [4.69, 9.17) is 11.6 Å². The van der Waals surface area contributed by atoms with E-state index >= 15 is 0 Å². The third kappa shape index (κ3) is 4.05. The maximum atomic E-state index is 12.9. The summed E-state index contributed by atoms with van der Waals surface area (Å²) in [7, 11) is 2.12. The van der Waals surface area contributed by atoms with Gasteiger partial charge in [0.15, 0.2) is 0 Å². The summed E-state index contributed by atoms with van der Waals surface area (Å²) < 4.78 is 0. The van der Waals surface area contributed by atoms with Gasteiger partial charge in [0.25, 0.3) is 11.8 Å². The second kappa shape index (κ2) is 7.94. The molecule has 0 unspecified atom stereocenters. The van der Waals surface area contributed by atoms with E-state index in [1.54, 1.807) is 24.3 Å². The number of halogens is 1. The Morgan fingerprint density at radius 3 is 2.57 bits per heavy atom. The highest BCUT2D eigenvalue weighted by Gasteiger charge is 2.28. The number of carbonyl (C=O) groups excluding carboxylic acids is 2. The Morgan fingerprint density at radius 2 is 1.79 bits per heavy atom. The summed E-state index contributed by atoms with van der Waals surface area (Å²) in [6.45, 7) is 3.15. The molecule has 2 aromatic rings. The van der Waals surface area contributed by atoms with Gasteiger partial charge in [0.05, 0.1) is 0 Å². The van der Waals surface area contributed by atoms with Gasteiger partial charge in [0, 0.05) is 48.4 Å². The number of carbonyl (C=O) groups is 2. The molecule has 1 fully saturated rings. The third-order valence-corrected chi connectivity index (χ3v) is 5.83. The summed E-state index contributed by atoms with van der Waals surface area (Å²) in [5.74, 6) is -0.0844. The minimum atomic E-state index is -0.131. The van der Waals surface area contributed by atoms with Crippen molar-refractivity contribution in [2.24, 2.45) is 0 Å². The van der Waals surface area contributed by atoms with Gasteiger partial charge >= 0.3 is 0 Å². The largest absolute Gasteiger partial charge is 0.347 e. The monoisotopic (exact) mass is 397 g/mol. The van der Waals surface area contributed by atoms with Crippen molar-refractivity contribution in [2.75, 3.05) is 26.7 Å².